The van der Waals surface area contributed by atoms with Gasteiger partial charge in [-0.2, -0.15) is 13.2 Å². The van der Waals surface area contributed by atoms with Crippen LogP contribution in [0, 0.1) is 11.8 Å². The smallest absolute Gasteiger partial charge is 0.271 e. The Kier molecular flexibility index (Phi) is 4.40. The first kappa shape index (κ1) is 12.8. The summed E-state index contributed by atoms with van der Waals surface area (Å²) < 4.78 is 36.1. The Morgan fingerprint density at radius 3 is 2.47 bits per heavy atom. The van der Waals surface area contributed by atoms with Gasteiger partial charge in [0.25, 0.3) is 0 Å². The van der Waals surface area contributed by atoms with Gasteiger partial charge in [0.1, 0.15) is 0 Å². The number of halogens is 3. The van der Waals surface area contributed by atoms with Crippen molar-refractivity contribution in [2.75, 3.05) is 0 Å². The van der Waals surface area contributed by atoms with E-state index in [2.05, 4.69) is 12.3 Å². The highest BCUT2D eigenvalue weighted by Crippen LogP contribution is 2.35. The molecule has 5 heteroatoms. The second-order valence-corrected chi connectivity index (χ2v) is 4.61. The second kappa shape index (κ2) is 5.16. The Bertz CT molecular complexity index is 194. The summed E-state index contributed by atoms with van der Waals surface area (Å²) in [6.45, 7) is 2.14. The van der Waals surface area contributed by atoms with E-state index in [4.69, 9.17) is 5.84 Å². The zero-order chi connectivity index (χ0) is 11.5. The molecule has 3 unspecified atom stereocenters. The van der Waals surface area contributed by atoms with Crippen LogP contribution in [0.4, 0.5) is 13.2 Å². The zero-order valence-electron chi connectivity index (χ0n) is 8.98. The molecule has 0 bridgehead atoms. The molecule has 0 aromatic heterocycles. The summed E-state index contributed by atoms with van der Waals surface area (Å²) in [5.41, 5.74) is 2.54. The van der Waals surface area contributed by atoms with Gasteiger partial charge in [0.2, 0.25) is 0 Å². The molecule has 1 aliphatic carbocycles. The fourth-order valence-electron chi connectivity index (χ4n) is 2.39. The van der Waals surface area contributed by atoms with Crippen LogP contribution in [0.5, 0.6) is 0 Å². The second-order valence-electron chi connectivity index (χ2n) is 4.61. The monoisotopic (exact) mass is 224 g/mol. The van der Waals surface area contributed by atoms with E-state index in [0.717, 1.165) is 19.3 Å². The van der Waals surface area contributed by atoms with Gasteiger partial charge >= 0.3 is 6.18 Å². The van der Waals surface area contributed by atoms with Crippen LogP contribution < -0.4 is 11.3 Å². The van der Waals surface area contributed by atoms with Crippen molar-refractivity contribution in [3.63, 3.8) is 0 Å². The fourth-order valence-corrected chi connectivity index (χ4v) is 2.39. The standard InChI is InChI=1S/C10H19F3N2/c1-7-2-3-8(6-7)9(15-14)4-5-10(11,12)13/h7-9,15H,2-6,14H2,1H3. The van der Waals surface area contributed by atoms with E-state index in [1.54, 1.807) is 0 Å². The highest BCUT2D eigenvalue weighted by atomic mass is 19.4. The highest BCUT2D eigenvalue weighted by molar-refractivity contribution is 4.82. The van der Waals surface area contributed by atoms with Crippen LogP contribution in [0.1, 0.15) is 39.0 Å². The third kappa shape index (κ3) is 4.38. The van der Waals surface area contributed by atoms with E-state index in [9.17, 15) is 13.2 Å². The Morgan fingerprint density at radius 1 is 1.40 bits per heavy atom. The Labute approximate surface area is 88.4 Å². The Morgan fingerprint density at radius 2 is 2.07 bits per heavy atom. The van der Waals surface area contributed by atoms with Crippen molar-refractivity contribution in [3.05, 3.63) is 0 Å². The van der Waals surface area contributed by atoms with E-state index >= 15 is 0 Å². The largest absolute Gasteiger partial charge is 0.389 e. The lowest BCUT2D eigenvalue weighted by Gasteiger charge is -2.23. The van der Waals surface area contributed by atoms with Gasteiger partial charge in [-0.25, -0.2) is 0 Å². The van der Waals surface area contributed by atoms with Crippen LogP contribution >= 0.6 is 0 Å². The first-order valence-electron chi connectivity index (χ1n) is 5.45. The van der Waals surface area contributed by atoms with Gasteiger partial charge < -0.3 is 0 Å². The first-order chi connectivity index (χ1) is 6.92. The quantitative estimate of drug-likeness (QED) is 0.569. The molecule has 0 aromatic rings. The molecule has 0 heterocycles. The van der Waals surface area contributed by atoms with Crippen molar-refractivity contribution < 1.29 is 13.2 Å². The number of nitrogens with two attached hydrogens (primary N) is 1. The molecular weight excluding hydrogens is 205 g/mol. The molecule has 0 aromatic carbocycles. The third-order valence-electron chi connectivity index (χ3n) is 3.26. The number of hydrazine groups is 1. The van der Waals surface area contributed by atoms with E-state index in [1.165, 1.54) is 0 Å². The van der Waals surface area contributed by atoms with E-state index < -0.39 is 12.6 Å². The lowest BCUT2D eigenvalue weighted by Crippen LogP contribution is -2.40. The summed E-state index contributed by atoms with van der Waals surface area (Å²) in [5.74, 6) is 6.24. The van der Waals surface area contributed by atoms with Crippen molar-refractivity contribution in [1.82, 2.24) is 5.43 Å². The summed E-state index contributed by atoms with van der Waals surface area (Å²) in [4.78, 5) is 0. The average molecular weight is 224 g/mol. The van der Waals surface area contributed by atoms with Crippen molar-refractivity contribution >= 4 is 0 Å². The fraction of sp³-hybridized carbons (Fsp3) is 1.00. The molecule has 1 rings (SSSR count). The lowest BCUT2D eigenvalue weighted by atomic mass is 9.94. The van der Waals surface area contributed by atoms with E-state index in [1.807, 2.05) is 0 Å². The average Bonchev–Trinajstić information content (AvgIpc) is 2.51. The van der Waals surface area contributed by atoms with Gasteiger partial charge in [0.05, 0.1) is 0 Å². The normalized spacial score (nSPS) is 29.4. The summed E-state index contributed by atoms with van der Waals surface area (Å²) >= 11 is 0. The molecule has 2 nitrogen and oxygen atoms in total. The van der Waals surface area contributed by atoms with Crippen molar-refractivity contribution in [2.45, 2.75) is 51.2 Å². The summed E-state index contributed by atoms with van der Waals surface area (Å²) in [5, 5.41) is 0. The van der Waals surface area contributed by atoms with Gasteiger partial charge in [-0.1, -0.05) is 13.3 Å². The third-order valence-corrected chi connectivity index (χ3v) is 3.26. The van der Waals surface area contributed by atoms with Gasteiger partial charge in [-0.3, -0.25) is 11.3 Å². The molecule has 1 fully saturated rings. The van der Waals surface area contributed by atoms with Crippen molar-refractivity contribution in [1.29, 1.82) is 0 Å². The minimum atomic E-state index is -4.07. The molecule has 1 saturated carbocycles. The van der Waals surface area contributed by atoms with Crippen LogP contribution in [0.15, 0.2) is 0 Å². The Hall–Kier alpha value is -0.290. The number of alkyl halides is 3. The number of hydrogen-bond acceptors (Lipinski definition) is 2. The number of hydrogen-bond donors (Lipinski definition) is 2. The minimum Gasteiger partial charge on any atom is -0.271 e. The van der Waals surface area contributed by atoms with Crippen molar-refractivity contribution in [2.24, 2.45) is 17.7 Å². The molecule has 0 radical (unpaired) electrons. The molecule has 90 valence electrons. The van der Waals surface area contributed by atoms with E-state index in [0.29, 0.717) is 11.8 Å². The maximum absolute atomic E-state index is 12.0. The van der Waals surface area contributed by atoms with Gasteiger partial charge in [-0.15, -0.1) is 0 Å². The summed E-state index contributed by atoms with van der Waals surface area (Å²) in [7, 11) is 0. The summed E-state index contributed by atoms with van der Waals surface area (Å²) in [6.07, 6.45) is -1.63. The number of nitrogens with one attached hydrogen (secondary N) is 1. The van der Waals surface area contributed by atoms with E-state index in [-0.39, 0.29) is 12.5 Å². The van der Waals surface area contributed by atoms with Crippen LogP contribution in [0.2, 0.25) is 0 Å². The predicted octanol–water partition coefficient (Wildman–Crippen LogP) is 2.60. The lowest BCUT2D eigenvalue weighted by molar-refractivity contribution is -0.137. The van der Waals surface area contributed by atoms with Gasteiger partial charge in [-0.05, 0) is 31.1 Å². The molecule has 0 aliphatic heterocycles. The molecule has 3 atom stereocenters. The van der Waals surface area contributed by atoms with Crippen LogP contribution in [-0.4, -0.2) is 12.2 Å². The maximum Gasteiger partial charge on any atom is 0.389 e. The topological polar surface area (TPSA) is 38.0 Å². The molecule has 0 amide bonds. The first-order valence-corrected chi connectivity index (χ1v) is 5.45. The molecule has 0 saturated heterocycles. The van der Waals surface area contributed by atoms with Gasteiger partial charge in [0.15, 0.2) is 0 Å². The van der Waals surface area contributed by atoms with Crippen LogP contribution in [-0.2, 0) is 0 Å². The molecular formula is C10H19F3N2. The van der Waals surface area contributed by atoms with Crippen molar-refractivity contribution in [3.8, 4) is 0 Å². The summed E-state index contributed by atoms with van der Waals surface area (Å²) in [6, 6.07) is -0.184. The Balaban J connectivity index is 2.36. The predicted molar refractivity (Wildman–Crippen MR) is 52.9 cm³/mol. The number of rotatable bonds is 4. The van der Waals surface area contributed by atoms with Gasteiger partial charge in [0, 0.05) is 12.5 Å². The molecule has 0 spiro atoms. The molecule has 3 N–H and O–H groups in total. The minimum absolute atomic E-state index is 0.0946. The van der Waals surface area contributed by atoms with Crippen LogP contribution in [0.25, 0.3) is 0 Å². The maximum atomic E-state index is 12.0. The molecule has 1 aliphatic rings. The van der Waals surface area contributed by atoms with Crippen LogP contribution in [0.3, 0.4) is 0 Å². The molecule has 15 heavy (non-hydrogen) atoms. The highest BCUT2D eigenvalue weighted by Gasteiger charge is 2.33. The SMILES string of the molecule is CC1CCC(C(CCC(F)(F)F)NN)C1. The zero-order valence-corrected chi connectivity index (χ0v) is 8.98.